The van der Waals surface area contributed by atoms with E-state index >= 15 is 0 Å². The fourth-order valence-electron chi connectivity index (χ4n) is 2.84. The molecule has 3 aromatic rings. The quantitative estimate of drug-likeness (QED) is 0.663. The Morgan fingerprint density at radius 1 is 1.14 bits per heavy atom. The van der Waals surface area contributed by atoms with Gasteiger partial charge in [0.25, 0.3) is 5.91 Å². The smallest absolute Gasteiger partial charge is 0.388 e. The van der Waals surface area contributed by atoms with E-state index in [-0.39, 0.29) is 22.4 Å². The molecule has 3 aromatic heterocycles. The summed E-state index contributed by atoms with van der Waals surface area (Å²) in [5.41, 5.74) is 4.40. The fourth-order valence-corrected chi connectivity index (χ4v) is 2.84. The van der Waals surface area contributed by atoms with Gasteiger partial charge in [-0.25, -0.2) is 13.8 Å². The molecule has 0 saturated heterocycles. The van der Waals surface area contributed by atoms with E-state index in [0.717, 1.165) is 29.3 Å². The summed E-state index contributed by atoms with van der Waals surface area (Å²) in [6.07, 6.45) is -2.45. The molecule has 2 N–H and O–H groups in total. The molecule has 0 bridgehead atoms. The van der Waals surface area contributed by atoms with Crippen molar-refractivity contribution < 1.29 is 31.5 Å². The molecule has 0 fully saturated rings. The Bertz CT molecular complexity index is 1090. The van der Waals surface area contributed by atoms with Crippen LogP contribution in [0.3, 0.4) is 0 Å². The Balaban J connectivity index is 2.28. The van der Waals surface area contributed by atoms with Gasteiger partial charge in [-0.1, -0.05) is 0 Å². The van der Waals surface area contributed by atoms with Gasteiger partial charge in [0.15, 0.2) is 17.3 Å². The standard InChI is InChI=1S/C17H12F5N5O2/c1-7-3-11(29-17(20,21)22)25-4-8(7)15-13(14(16(23)28)26-27(15)2)12-9(18)5-24-6-10(12)19/h3-6H,1-2H3,(H2,23,28). The maximum atomic E-state index is 14.4. The first-order valence-corrected chi connectivity index (χ1v) is 7.88. The third-order valence-corrected chi connectivity index (χ3v) is 3.95. The number of rotatable bonds is 4. The van der Waals surface area contributed by atoms with Crippen molar-refractivity contribution in [3.8, 4) is 28.3 Å². The number of hydrogen-bond acceptors (Lipinski definition) is 5. The van der Waals surface area contributed by atoms with E-state index in [0.29, 0.717) is 0 Å². The molecule has 7 nitrogen and oxygen atoms in total. The lowest BCUT2D eigenvalue weighted by molar-refractivity contribution is -0.276. The minimum atomic E-state index is -4.94. The number of primary amides is 1. The Kier molecular flexibility index (Phi) is 4.95. The molecule has 0 atom stereocenters. The second-order valence-corrected chi connectivity index (χ2v) is 5.92. The maximum Gasteiger partial charge on any atom is 0.574 e. The van der Waals surface area contributed by atoms with E-state index in [2.05, 4.69) is 19.8 Å². The minimum absolute atomic E-state index is 0.0198. The Labute approximate surface area is 159 Å². The van der Waals surface area contributed by atoms with Crippen LogP contribution in [0.5, 0.6) is 5.88 Å². The largest absolute Gasteiger partial charge is 0.574 e. The number of amides is 1. The van der Waals surface area contributed by atoms with Crippen LogP contribution in [0.2, 0.25) is 0 Å². The molecule has 3 rings (SSSR count). The molecule has 0 spiro atoms. The molecule has 0 aliphatic rings. The molecule has 3 heterocycles. The number of aromatic nitrogens is 4. The zero-order valence-electron chi connectivity index (χ0n) is 14.9. The van der Waals surface area contributed by atoms with Crippen molar-refractivity contribution in [2.45, 2.75) is 13.3 Å². The van der Waals surface area contributed by atoms with E-state index in [1.807, 2.05) is 0 Å². The molecule has 0 aliphatic carbocycles. The Morgan fingerprint density at radius 3 is 2.28 bits per heavy atom. The first kappa shape index (κ1) is 20.2. The van der Waals surface area contributed by atoms with Crippen LogP contribution in [0.15, 0.2) is 24.7 Å². The monoisotopic (exact) mass is 413 g/mol. The highest BCUT2D eigenvalue weighted by atomic mass is 19.4. The number of nitrogens with zero attached hydrogens (tertiary/aromatic N) is 4. The van der Waals surface area contributed by atoms with Crippen molar-refractivity contribution in [2.24, 2.45) is 12.8 Å². The molecule has 29 heavy (non-hydrogen) atoms. The average Bonchev–Trinajstić information content (AvgIpc) is 2.91. The predicted molar refractivity (Wildman–Crippen MR) is 89.5 cm³/mol. The van der Waals surface area contributed by atoms with Crippen LogP contribution in [0.25, 0.3) is 22.4 Å². The fraction of sp³-hybridized carbons (Fsp3) is 0.176. The summed E-state index contributed by atoms with van der Waals surface area (Å²) in [6.45, 7) is 1.43. The molecule has 0 aromatic carbocycles. The van der Waals surface area contributed by atoms with Gasteiger partial charge >= 0.3 is 6.36 Å². The average molecular weight is 413 g/mol. The molecule has 0 unspecified atom stereocenters. The van der Waals surface area contributed by atoms with Crippen LogP contribution in [0.1, 0.15) is 16.1 Å². The van der Waals surface area contributed by atoms with Crippen LogP contribution < -0.4 is 10.5 Å². The van der Waals surface area contributed by atoms with Gasteiger partial charge < -0.3 is 10.5 Å². The molecule has 1 amide bonds. The van der Waals surface area contributed by atoms with Crippen LogP contribution in [-0.4, -0.2) is 32.0 Å². The molecular weight excluding hydrogens is 401 g/mol. The third-order valence-electron chi connectivity index (χ3n) is 3.95. The number of halogens is 5. The van der Waals surface area contributed by atoms with Crippen molar-refractivity contribution in [3.05, 3.63) is 47.5 Å². The number of carbonyl (C=O) groups is 1. The van der Waals surface area contributed by atoms with Gasteiger partial charge in [0.2, 0.25) is 5.88 Å². The minimum Gasteiger partial charge on any atom is -0.388 e. The summed E-state index contributed by atoms with van der Waals surface area (Å²) in [4.78, 5) is 18.8. The molecule has 0 radical (unpaired) electrons. The maximum absolute atomic E-state index is 14.4. The number of pyridine rings is 2. The van der Waals surface area contributed by atoms with Gasteiger partial charge in [-0.15, -0.1) is 13.2 Å². The normalized spacial score (nSPS) is 11.6. The summed E-state index contributed by atoms with van der Waals surface area (Å²) in [5.74, 6) is -3.94. The third kappa shape index (κ3) is 3.86. The van der Waals surface area contributed by atoms with E-state index in [1.54, 1.807) is 0 Å². The van der Waals surface area contributed by atoms with Crippen molar-refractivity contribution >= 4 is 5.91 Å². The Hall–Kier alpha value is -3.57. The lowest BCUT2D eigenvalue weighted by Crippen LogP contribution is -2.18. The van der Waals surface area contributed by atoms with Crippen LogP contribution in [0, 0.1) is 18.6 Å². The summed E-state index contributed by atoms with van der Waals surface area (Å²) in [7, 11) is 1.38. The zero-order chi connectivity index (χ0) is 21.5. The molecule has 0 aliphatic heterocycles. The molecular formula is C17H12F5N5O2. The number of nitrogens with two attached hydrogens (primary N) is 1. The van der Waals surface area contributed by atoms with Crippen molar-refractivity contribution in [1.82, 2.24) is 19.7 Å². The highest BCUT2D eigenvalue weighted by molar-refractivity contribution is 6.02. The van der Waals surface area contributed by atoms with Gasteiger partial charge in [-0.2, -0.15) is 5.10 Å². The van der Waals surface area contributed by atoms with E-state index in [4.69, 9.17) is 5.73 Å². The van der Waals surface area contributed by atoms with Crippen molar-refractivity contribution in [3.63, 3.8) is 0 Å². The van der Waals surface area contributed by atoms with Gasteiger partial charge in [-0.3, -0.25) is 14.5 Å². The summed E-state index contributed by atoms with van der Waals surface area (Å²) >= 11 is 0. The Morgan fingerprint density at radius 2 is 1.76 bits per heavy atom. The van der Waals surface area contributed by atoms with Crippen LogP contribution in [0.4, 0.5) is 22.0 Å². The highest BCUT2D eigenvalue weighted by Gasteiger charge is 2.32. The number of carbonyl (C=O) groups excluding carboxylic acids is 1. The van der Waals surface area contributed by atoms with E-state index < -0.39 is 41.0 Å². The van der Waals surface area contributed by atoms with Crippen LogP contribution in [-0.2, 0) is 7.05 Å². The first-order chi connectivity index (χ1) is 13.5. The van der Waals surface area contributed by atoms with Gasteiger partial charge in [0, 0.05) is 30.4 Å². The van der Waals surface area contributed by atoms with Gasteiger partial charge in [0.1, 0.15) is 0 Å². The topological polar surface area (TPSA) is 95.9 Å². The molecule has 12 heteroatoms. The van der Waals surface area contributed by atoms with Gasteiger partial charge in [-0.05, 0) is 12.5 Å². The predicted octanol–water partition coefficient (Wildman–Crippen LogP) is 3.13. The summed E-state index contributed by atoms with van der Waals surface area (Å²) in [5, 5.41) is 3.92. The highest BCUT2D eigenvalue weighted by Crippen LogP contribution is 2.39. The summed E-state index contributed by atoms with van der Waals surface area (Å²) in [6, 6.07) is 0.989. The molecule has 152 valence electrons. The van der Waals surface area contributed by atoms with E-state index in [1.165, 1.54) is 14.0 Å². The lowest BCUT2D eigenvalue weighted by atomic mass is 9.97. The van der Waals surface area contributed by atoms with Crippen LogP contribution >= 0.6 is 0 Å². The van der Waals surface area contributed by atoms with Crippen molar-refractivity contribution in [2.75, 3.05) is 0 Å². The van der Waals surface area contributed by atoms with E-state index in [9.17, 15) is 26.7 Å². The first-order valence-electron chi connectivity index (χ1n) is 7.88. The second kappa shape index (κ2) is 7.11. The number of hydrogen-bond donors (Lipinski definition) is 1. The second-order valence-electron chi connectivity index (χ2n) is 5.92. The number of ether oxygens (including phenoxy) is 1. The lowest BCUT2D eigenvalue weighted by Gasteiger charge is -2.13. The summed E-state index contributed by atoms with van der Waals surface area (Å²) < 4.78 is 70.9. The zero-order valence-corrected chi connectivity index (χ0v) is 14.9. The SMILES string of the molecule is Cc1cc(OC(F)(F)F)ncc1-c1c(-c2c(F)cncc2F)c(C(N)=O)nn1C. The van der Waals surface area contributed by atoms with Gasteiger partial charge in [0.05, 0.1) is 23.7 Å². The number of alkyl halides is 3. The molecule has 0 saturated carbocycles. The number of aryl methyl sites for hydroxylation is 2. The van der Waals surface area contributed by atoms with Crippen molar-refractivity contribution in [1.29, 1.82) is 0 Å².